The number of aromatic carboxylic acids is 1. The number of nitrogens with zero attached hydrogens (tertiary/aromatic N) is 1. The normalized spacial score (nSPS) is 10.2. The second-order valence-corrected chi connectivity index (χ2v) is 4.03. The van der Waals surface area contributed by atoms with Gasteiger partial charge < -0.3 is 15.6 Å². The molecule has 0 aliphatic rings. The number of anilines is 1. The fourth-order valence-corrected chi connectivity index (χ4v) is 1.61. The molecule has 0 saturated heterocycles. The van der Waals surface area contributed by atoms with Crippen molar-refractivity contribution in [1.29, 1.82) is 0 Å². The largest absolute Gasteiger partial charge is 0.478 e. The van der Waals surface area contributed by atoms with E-state index in [1.807, 2.05) is 25.1 Å². The van der Waals surface area contributed by atoms with E-state index in [0.29, 0.717) is 5.75 Å². The third kappa shape index (κ3) is 3.01. The van der Waals surface area contributed by atoms with Crippen LogP contribution < -0.4 is 10.5 Å². The Bertz CT molecular complexity index is 611. The molecular formula is C14H14N2O3. The van der Waals surface area contributed by atoms with Crippen LogP contribution in [0.2, 0.25) is 0 Å². The van der Waals surface area contributed by atoms with Crippen molar-refractivity contribution in [3.05, 3.63) is 47.7 Å². The number of benzene rings is 1. The van der Waals surface area contributed by atoms with E-state index < -0.39 is 5.97 Å². The summed E-state index contributed by atoms with van der Waals surface area (Å²) in [6.07, 6.45) is 2.12. The fraction of sp³-hybridized carbons (Fsp3) is 0.143. The number of hydrogen-bond donors (Lipinski definition) is 2. The van der Waals surface area contributed by atoms with Crippen LogP contribution in [0.25, 0.3) is 0 Å². The molecule has 0 aliphatic carbocycles. The van der Waals surface area contributed by atoms with Gasteiger partial charge in [-0.25, -0.2) is 9.78 Å². The molecule has 5 nitrogen and oxygen atoms in total. The molecule has 1 aromatic heterocycles. The van der Waals surface area contributed by atoms with Gasteiger partial charge >= 0.3 is 5.97 Å². The maximum Gasteiger partial charge on any atom is 0.337 e. The van der Waals surface area contributed by atoms with Gasteiger partial charge in [0.25, 0.3) is 0 Å². The lowest BCUT2D eigenvalue weighted by Crippen LogP contribution is -2.01. The topological polar surface area (TPSA) is 85.4 Å². The standard InChI is InChI=1S/C14H14N2O3/c1-2-9-4-3-5-11(6-9)19-13-12(15)7-10(8-16-13)14(17)18/h3-8H,2,15H2,1H3,(H,17,18). The first-order chi connectivity index (χ1) is 9.10. The Labute approximate surface area is 110 Å². The number of pyridine rings is 1. The van der Waals surface area contributed by atoms with Crippen molar-refractivity contribution in [1.82, 2.24) is 4.98 Å². The average molecular weight is 258 g/mol. The number of carboxylic acid groups (broad SMARTS) is 1. The molecule has 1 aromatic carbocycles. The van der Waals surface area contributed by atoms with E-state index in [0.717, 1.165) is 12.0 Å². The molecule has 3 N–H and O–H groups in total. The minimum absolute atomic E-state index is 0.0344. The Morgan fingerprint density at radius 1 is 1.42 bits per heavy atom. The predicted molar refractivity (Wildman–Crippen MR) is 71.5 cm³/mol. The van der Waals surface area contributed by atoms with Gasteiger partial charge in [0.1, 0.15) is 5.75 Å². The number of carboxylic acids is 1. The molecule has 0 aliphatic heterocycles. The van der Waals surface area contributed by atoms with Gasteiger partial charge in [0.2, 0.25) is 5.88 Å². The lowest BCUT2D eigenvalue weighted by molar-refractivity contribution is 0.0696. The second-order valence-electron chi connectivity index (χ2n) is 4.03. The van der Waals surface area contributed by atoms with Crippen molar-refractivity contribution < 1.29 is 14.6 Å². The number of ether oxygens (including phenoxy) is 1. The van der Waals surface area contributed by atoms with E-state index in [1.165, 1.54) is 12.3 Å². The van der Waals surface area contributed by atoms with Gasteiger partial charge in [0, 0.05) is 6.20 Å². The number of carbonyl (C=O) groups is 1. The molecule has 0 radical (unpaired) electrons. The van der Waals surface area contributed by atoms with E-state index in [4.69, 9.17) is 15.6 Å². The zero-order valence-electron chi connectivity index (χ0n) is 10.5. The third-order valence-electron chi connectivity index (χ3n) is 2.65. The summed E-state index contributed by atoms with van der Waals surface area (Å²) >= 11 is 0. The molecule has 0 fully saturated rings. The number of aromatic nitrogens is 1. The maximum absolute atomic E-state index is 10.8. The molecule has 2 aromatic rings. The summed E-state index contributed by atoms with van der Waals surface area (Å²) in [6, 6.07) is 8.90. The van der Waals surface area contributed by atoms with Crippen molar-refractivity contribution in [2.45, 2.75) is 13.3 Å². The van der Waals surface area contributed by atoms with Gasteiger partial charge in [0.15, 0.2) is 0 Å². The number of rotatable bonds is 4. The average Bonchev–Trinajstić information content (AvgIpc) is 2.41. The van der Waals surface area contributed by atoms with E-state index in [-0.39, 0.29) is 17.1 Å². The lowest BCUT2D eigenvalue weighted by Gasteiger charge is -2.08. The van der Waals surface area contributed by atoms with Crippen molar-refractivity contribution in [2.75, 3.05) is 5.73 Å². The zero-order valence-corrected chi connectivity index (χ0v) is 10.5. The first kappa shape index (κ1) is 12.9. The summed E-state index contributed by atoms with van der Waals surface area (Å²) in [4.78, 5) is 14.7. The van der Waals surface area contributed by atoms with Crippen LogP contribution in [-0.2, 0) is 6.42 Å². The van der Waals surface area contributed by atoms with Gasteiger partial charge in [-0.2, -0.15) is 0 Å². The first-order valence-electron chi connectivity index (χ1n) is 5.85. The summed E-state index contributed by atoms with van der Waals surface area (Å²) in [7, 11) is 0. The van der Waals surface area contributed by atoms with Crippen LogP contribution in [0, 0.1) is 0 Å². The molecule has 0 amide bonds. The van der Waals surface area contributed by atoms with Gasteiger partial charge in [-0.15, -0.1) is 0 Å². The Morgan fingerprint density at radius 2 is 2.21 bits per heavy atom. The van der Waals surface area contributed by atoms with Crippen LogP contribution in [0.15, 0.2) is 36.5 Å². The highest BCUT2D eigenvalue weighted by Gasteiger charge is 2.09. The van der Waals surface area contributed by atoms with Gasteiger partial charge in [-0.1, -0.05) is 19.1 Å². The van der Waals surface area contributed by atoms with Gasteiger partial charge in [0.05, 0.1) is 11.3 Å². The summed E-state index contributed by atoms with van der Waals surface area (Å²) in [5.74, 6) is -0.237. The second kappa shape index (κ2) is 5.39. The van der Waals surface area contributed by atoms with Crippen molar-refractivity contribution in [3.8, 4) is 11.6 Å². The molecule has 0 atom stereocenters. The van der Waals surface area contributed by atoms with Crippen LogP contribution in [0.4, 0.5) is 5.69 Å². The smallest absolute Gasteiger partial charge is 0.337 e. The van der Waals surface area contributed by atoms with E-state index >= 15 is 0 Å². The molecule has 0 spiro atoms. The summed E-state index contributed by atoms with van der Waals surface area (Å²) in [5, 5.41) is 8.82. The number of nitrogens with two attached hydrogens (primary N) is 1. The summed E-state index contributed by atoms with van der Waals surface area (Å²) in [5.41, 5.74) is 7.09. The van der Waals surface area contributed by atoms with Crippen LogP contribution >= 0.6 is 0 Å². The SMILES string of the molecule is CCc1cccc(Oc2ncc(C(=O)O)cc2N)c1. The minimum atomic E-state index is -1.07. The Hall–Kier alpha value is -2.56. The van der Waals surface area contributed by atoms with Gasteiger partial charge in [-0.05, 0) is 30.2 Å². The zero-order chi connectivity index (χ0) is 13.8. The molecule has 0 unspecified atom stereocenters. The molecule has 0 saturated carbocycles. The quantitative estimate of drug-likeness (QED) is 0.880. The predicted octanol–water partition coefficient (Wildman–Crippen LogP) is 2.72. The number of aryl methyl sites for hydroxylation is 1. The van der Waals surface area contributed by atoms with Crippen LogP contribution in [-0.4, -0.2) is 16.1 Å². The monoisotopic (exact) mass is 258 g/mol. The van der Waals surface area contributed by atoms with Crippen molar-refractivity contribution >= 4 is 11.7 Å². The third-order valence-corrected chi connectivity index (χ3v) is 2.65. The van der Waals surface area contributed by atoms with E-state index in [9.17, 15) is 4.79 Å². The Morgan fingerprint density at radius 3 is 2.84 bits per heavy atom. The molecule has 98 valence electrons. The highest BCUT2D eigenvalue weighted by atomic mass is 16.5. The molecule has 2 rings (SSSR count). The fourth-order valence-electron chi connectivity index (χ4n) is 1.61. The molecule has 0 bridgehead atoms. The number of nitrogen functional groups attached to an aromatic ring is 1. The lowest BCUT2D eigenvalue weighted by atomic mass is 10.2. The van der Waals surface area contributed by atoms with Crippen LogP contribution in [0.3, 0.4) is 0 Å². The summed E-state index contributed by atoms with van der Waals surface area (Å²) < 4.78 is 5.56. The Balaban J connectivity index is 2.25. The molecular weight excluding hydrogens is 244 g/mol. The minimum Gasteiger partial charge on any atom is -0.478 e. The maximum atomic E-state index is 10.8. The molecule has 1 heterocycles. The highest BCUT2D eigenvalue weighted by molar-refractivity contribution is 5.88. The van der Waals surface area contributed by atoms with E-state index in [2.05, 4.69) is 4.98 Å². The van der Waals surface area contributed by atoms with E-state index in [1.54, 1.807) is 6.07 Å². The highest BCUT2D eigenvalue weighted by Crippen LogP contribution is 2.26. The first-order valence-corrected chi connectivity index (χ1v) is 5.85. The van der Waals surface area contributed by atoms with Crippen molar-refractivity contribution in [2.24, 2.45) is 0 Å². The van der Waals surface area contributed by atoms with Gasteiger partial charge in [-0.3, -0.25) is 0 Å². The Kier molecular flexibility index (Phi) is 3.66. The van der Waals surface area contributed by atoms with Crippen LogP contribution in [0.5, 0.6) is 11.6 Å². The molecule has 5 heteroatoms. The van der Waals surface area contributed by atoms with Crippen molar-refractivity contribution in [3.63, 3.8) is 0 Å². The number of hydrogen-bond acceptors (Lipinski definition) is 4. The summed E-state index contributed by atoms with van der Waals surface area (Å²) in [6.45, 7) is 2.05. The molecule has 19 heavy (non-hydrogen) atoms. The van der Waals surface area contributed by atoms with Crippen LogP contribution in [0.1, 0.15) is 22.8 Å².